The van der Waals surface area contributed by atoms with Crippen LogP contribution >= 0.6 is 0 Å². The Morgan fingerprint density at radius 1 is 1.12 bits per heavy atom. The molecule has 0 aliphatic rings. The number of aromatic nitrogens is 2. The van der Waals surface area contributed by atoms with Crippen LogP contribution in [0.2, 0.25) is 0 Å². The molecular formula is C23H34N6O4S. The Bertz CT molecular complexity index is 1170. The van der Waals surface area contributed by atoms with Crippen molar-refractivity contribution in [2.75, 3.05) is 20.2 Å². The van der Waals surface area contributed by atoms with Crippen LogP contribution in [0.5, 0.6) is 0 Å². The van der Waals surface area contributed by atoms with Crippen LogP contribution in [-0.4, -0.2) is 56.8 Å². The zero-order valence-electron chi connectivity index (χ0n) is 18.9. The predicted octanol–water partition coefficient (Wildman–Crippen LogP) is 2.06. The molecule has 3 rings (SSSR count). The highest BCUT2D eigenvalue weighted by Gasteiger charge is 2.15. The lowest BCUT2D eigenvalue weighted by Gasteiger charge is -2.11. The lowest BCUT2D eigenvalue weighted by atomic mass is 10.1. The highest BCUT2D eigenvalue weighted by molar-refractivity contribution is 7.83. The first-order chi connectivity index (χ1) is 15.9. The maximum Gasteiger partial charge on any atom is 0.241 e. The van der Waals surface area contributed by atoms with Crippen LogP contribution in [-0.2, 0) is 22.3 Å². The Balaban J connectivity index is 0. The number of ether oxygens (including phenoxy) is 1. The molecule has 186 valence electrons. The van der Waals surface area contributed by atoms with Crippen LogP contribution in [0.15, 0.2) is 59.6 Å². The number of aliphatic hydroxyl groups is 1. The Morgan fingerprint density at radius 2 is 1.79 bits per heavy atom. The van der Waals surface area contributed by atoms with Crippen molar-refractivity contribution in [1.82, 2.24) is 20.0 Å². The van der Waals surface area contributed by atoms with E-state index in [4.69, 9.17) is 20.7 Å². The topological polar surface area (TPSA) is 176 Å². The van der Waals surface area contributed by atoms with Crippen molar-refractivity contribution in [3.8, 4) is 11.3 Å². The molecule has 0 amide bonds. The van der Waals surface area contributed by atoms with E-state index in [0.29, 0.717) is 21.8 Å². The molecule has 0 saturated heterocycles. The van der Waals surface area contributed by atoms with Crippen LogP contribution in [0.4, 0.5) is 0 Å². The van der Waals surface area contributed by atoms with Gasteiger partial charge in [-0.3, -0.25) is 15.8 Å². The number of hydrogen-bond donors (Lipinski definition) is 5. The van der Waals surface area contributed by atoms with E-state index in [1.807, 2.05) is 19.2 Å². The molecule has 10 nitrogen and oxygen atoms in total. The van der Waals surface area contributed by atoms with Crippen LogP contribution < -0.4 is 10.0 Å². The molecular weight excluding hydrogens is 456 g/mol. The van der Waals surface area contributed by atoms with Gasteiger partial charge in [0, 0.05) is 28.5 Å². The van der Waals surface area contributed by atoms with Gasteiger partial charge in [0.1, 0.15) is 16.7 Å². The van der Waals surface area contributed by atoms with Crippen molar-refractivity contribution in [3.05, 3.63) is 77.2 Å². The van der Waals surface area contributed by atoms with Gasteiger partial charge in [0.25, 0.3) is 0 Å². The fraction of sp³-hybridized carbons (Fsp3) is 0.217. The molecule has 0 fully saturated rings. The average Bonchev–Trinajstić information content (AvgIpc) is 2.83. The summed E-state index contributed by atoms with van der Waals surface area (Å²) in [4.78, 5) is 9.40. The normalized spacial score (nSPS) is 11.4. The van der Waals surface area contributed by atoms with Crippen molar-refractivity contribution >= 4 is 22.8 Å². The van der Waals surface area contributed by atoms with Crippen molar-refractivity contribution in [2.24, 2.45) is 0 Å². The number of benzene rings is 2. The van der Waals surface area contributed by atoms with Gasteiger partial charge in [-0.2, -0.15) is 0 Å². The third kappa shape index (κ3) is 6.83. The summed E-state index contributed by atoms with van der Waals surface area (Å²) in [5, 5.41) is 28.4. The summed E-state index contributed by atoms with van der Waals surface area (Å²) in [6, 6.07) is 14.3. The molecule has 1 aromatic heterocycles. The minimum absolute atomic E-state index is 0. The maximum absolute atomic E-state index is 12.1. The van der Waals surface area contributed by atoms with Gasteiger partial charge in [-0.15, -0.1) is 0 Å². The second-order valence-electron chi connectivity index (χ2n) is 7.09. The van der Waals surface area contributed by atoms with Gasteiger partial charge in [-0.05, 0) is 43.8 Å². The fourth-order valence-electron chi connectivity index (χ4n) is 2.96. The second kappa shape index (κ2) is 12.8. The monoisotopic (exact) mass is 490 g/mol. The molecule has 0 bridgehead atoms. The summed E-state index contributed by atoms with van der Waals surface area (Å²) < 4.78 is 20.3. The molecule has 3 aromatic rings. The molecule has 0 aliphatic heterocycles. The van der Waals surface area contributed by atoms with Crippen molar-refractivity contribution in [1.29, 1.82) is 10.8 Å². The number of nitrogens with zero attached hydrogens (tertiary/aromatic N) is 2. The lowest BCUT2D eigenvalue weighted by molar-refractivity contribution is 0.302. The predicted molar refractivity (Wildman–Crippen MR) is 138 cm³/mol. The van der Waals surface area contributed by atoms with Gasteiger partial charge in [0.2, 0.25) is 11.8 Å². The lowest BCUT2D eigenvalue weighted by Crippen LogP contribution is -2.20. The molecule has 1 atom stereocenters. The second-order valence-corrected chi connectivity index (χ2v) is 8.39. The fourth-order valence-corrected chi connectivity index (χ4v) is 3.79. The van der Waals surface area contributed by atoms with E-state index in [1.54, 1.807) is 49.5 Å². The standard InChI is InChI=1S/C23H26N6O3S.H2O.3H2/c1-15-21(23(25)32-22(24)18-5-3-16(4-6-18)13-26-2)29-20(14-27-15)17-7-9-19(10-8-17)33(31)28-11-12-30;;;;/h3-10,14,24-26,28,30H,11-13H2,1-2H3;1H2;3*1H. The molecule has 7 N–H and O–H groups in total. The van der Waals surface area contributed by atoms with E-state index < -0.39 is 11.0 Å². The van der Waals surface area contributed by atoms with Gasteiger partial charge >= 0.3 is 0 Å². The minimum Gasteiger partial charge on any atom is -0.419 e. The van der Waals surface area contributed by atoms with Gasteiger partial charge in [-0.1, -0.05) is 24.3 Å². The molecule has 0 spiro atoms. The Morgan fingerprint density at radius 3 is 2.41 bits per heavy atom. The summed E-state index contributed by atoms with van der Waals surface area (Å²) in [5.41, 5.74) is 3.63. The molecule has 34 heavy (non-hydrogen) atoms. The van der Waals surface area contributed by atoms with Gasteiger partial charge in [-0.25, -0.2) is 13.9 Å². The Labute approximate surface area is 204 Å². The maximum atomic E-state index is 12.1. The number of nitrogens with one attached hydrogen (secondary N) is 4. The summed E-state index contributed by atoms with van der Waals surface area (Å²) in [6.45, 7) is 2.58. The van der Waals surface area contributed by atoms with E-state index in [2.05, 4.69) is 20.0 Å². The van der Waals surface area contributed by atoms with Crippen LogP contribution in [0.25, 0.3) is 11.3 Å². The van der Waals surface area contributed by atoms with Gasteiger partial charge in [0.05, 0.1) is 29.1 Å². The van der Waals surface area contributed by atoms with Crippen molar-refractivity contribution in [3.63, 3.8) is 0 Å². The van der Waals surface area contributed by atoms with E-state index in [0.717, 1.165) is 17.7 Å². The van der Waals surface area contributed by atoms with Crippen molar-refractivity contribution < 1.29 is 23.8 Å². The highest BCUT2D eigenvalue weighted by atomic mass is 32.2. The average molecular weight is 491 g/mol. The summed E-state index contributed by atoms with van der Waals surface area (Å²) >= 11 is 0. The third-order valence-corrected chi connectivity index (χ3v) is 5.85. The zero-order chi connectivity index (χ0) is 23.8. The first-order valence-electron chi connectivity index (χ1n) is 10.2. The SMILES string of the molecule is CNCc1ccc(C(=N)OC(=N)c2nc(-c3ccc(S(=O)NCCO)cc3)cnc2C)cc1.O.[HH].[HH].[HH]. The Hall–Kier alpha value is -3.35. The largest absolute Gasteiger partial charge is 0.419 e. The highest BCUT2D eigenvalue weighted by Crippen LogP contribution is 2.20. The molecule has 0 saturated carbocycles. The number of hydrogen-bond acceptors (Lipinski definition) is 8. The number of rotatable bonds is 9. The summed E-state index contributed by atoms with van der Waals surface area (Å²) in [5.74, 6) is -0.415. The molecule has 1 unspecified atom stereocenters. The first kappa shape index (κ1) is 26.9. The molecule has 0 radical (unpaired) electrons. The molecule has 2 aromatic carbocycles. The summed E-state index contributed by atoms with van der Waals surface area (Å²) in [6.07, 6.45) is 1.59. The molecule has 0 aliphatic carbocycles. The molecule has 11 heteroatoms. The van der Waals surface area contributed by atoms with E-state index >= 15 is 0 Å². The van der Waals surface area contributed by atoms with Crippen molar-refractivity contribution in [2.45, 2.75) is 18.4 Å². The van der Waals surface area contributed by atoms with Gasteiger partial charge in [0.15, 0.2) is 0 Å². The number of aryl methyl sites for hydroxylation is 1. The zero-order valence-corrected chi connectivity index (χ0v) is 19.7. The smallest absolute Gasteiger partial charge is 0.241 e. The molecule has 1 heterocycles. The minimum atomic E-state index is -1.42. The Kier molecular flexibility index (Phi) is 10.1. The van der Waals surface area contributed by atoms with Gasteiger partial charge < -0.3 is 20.6 Å². The van der Waals surface area contributed by atoms with Crippen LogP contribution in [0.3, 0.4) is 0 Å². The van der Waals surface area contributed by atoms with E-state index in [1.165, 1.54) is 0 Å². The first-order valence-corrected chi connectivity index (χ1v) is 11.4. The number of aliphatic hydroxyl groups excluding tert-OH is 1. The van der Waals surface area contributed by atoms with Crippen LogP contribution in [0.1, 0.15) is 26.8 Å². The van der Waals surface area contributed by atoms with E-state index in [-0.39, 0.29) is 40.4 Å². The quantitative estimate of drug-likeness (QED) is 0.226. The van der Waals surface area contributed by atoms with E-state index in [9.17, 15) is 4.21 Å². The van der Waals surface area contributed by atoms with Crippen LogP contribution in [0, 0.1) is 17.7 Å². The third-order valence-electron chi connectivity index (χ3n) is 4.68. The summed E-state index contributed by atoms with van der Waals surface area (Å²) in [7, 11) is 0.446.